The maximum atomic E-state index is 12.6. The van der Waals surface area contributed by atoms with Gasteiger partial charge in [-0.05, 0) is 49.8 Å². The highest BCUT2D eigenvalue weighted by Crippen LogP contribution is 2.30. The fourth-order valence-electron chi connectivity index (χ4n) is 3.51. The molecule has 0 radical (unpaired) electrons. The zero-order valence-electron chi connectivity index (χ0n) is 15.8. The zero-order valence-corrected chi connectivity index (χ0v) is 16.5. The number of carbonyl (C=O) groups excluding carboxylic acids is 1. The molecule has 1 aromatic carbocycles. The molecule has 0 aliphatic heterocycles. The average molecular weight is 406 g/mol. The fraction of sp³-hybridized carbons (Fsp3) is 0.450. The van der Waals surface area contributed by atoms with Gasteiger partial charge in [0.2, 0.25) is 0 Å². The highest BCUT2D eigenvalue weighted by atomic mass is 35.5. The van der Waals surface area contributed by atoms with Crippen LogP contribution < -0.4 is 0 Å². The Morgan fingerprint density at radius 2 is 2.11 bits per heavy atom. The van der Waals surface area contributed by atoms with Gasteiger partial charge in [0.15, 0.2) is 5.69 Å². The van der Waals surface area contributed by atoms with E-state index in [0.29, 0.717) is 30.6 Å². The van der Waals surface area contributed by atoms with Crippen molar-refractivity contribution in [1.29, 1.82) is 0 Å². The first-order valence-corrected chi connectivity index (χ1v) is 9.79. The van der Waals surface area contributed by atoms with Gasteiger partial charge in [0, 0.05) is 24.3 Å². The van der Waals surface area contributed by atoms with Crippen molar-refractivity contribution in [2.24, 2.45) is 5.92 Å². The lowest BCUT2D eigenvalue weighted by atomic mass is 10.1. The van der Waals surface area contributed by atoms with Crippen LogP contribution in [-0.4, -0.2) is 51.0 Å². The highest BCUT2D eigenvalue weighted by Gasteiger charge is 2.29. The van der Waals surface area contributed by atoms with E-state index in [2.05, 4.69) is 5.10 Å². The third kappa shape index (κ3) is 4.91. The number of carboxylic acid groups (broad SMARTS) is 1. The van der Waals surface area contributed by atoms with Gasteiger partial charge in [-0.25, -0.2) is 9.59 Å². The van der Waals surface area contributed by atoms with Crippen molar-refractivity contribution in [2.75, 3.05) is 13.1 Å². The Hall–Kier alpha value is -2.38. The Morgan fingerprint density at radius 1 is 1.32 bits per heavy atom. The second kappa shape index (κ2) is 9.21. The van der Waals surface area contributed by atoms with Gasteiger partial charge in [-0.2, -0.15) is 9.78 Å². The first-order valence-electron chi connectivity index (χ1n) is 9.41. The number of hydrogen-bond acceptors (Lipinski definition) is 4. The molecule has 1 N–H and O–H groups in total. The largest absolute Gasteiger partial charge is 0.476 e. The Balaban J connectivity index is 1.52. The lowest BCUT2D eigenvalue weighted by molar-refractivity contribution is 0.0421. The SMILES string of the molecule is CCN(C[C@H]1CC[C@@H](OCc2ccccc2Cl)C1)C(=O)n1ccc(C(=O)O)n1. The van der Waals surface area contributed by atoms with Crippen LogP contribution >= 0.6 is 11.6 Å². The molecule has 0 spiro atoms. The number of benzene rings is 1. The van der Waals surface area contributed by atoms with Crippen LogP contribution in [-0.2, 0) is 11.3 Å². The van der Waals surface area contributed by atoms with Crippen molar-refractivity contribution in [3.8, 4) is 0 Å². The summed E-state index contributed by atoms with van der Waals surface area (Å²) in [6.45, 7) is 3.52. The molecule has 1 aromatic heterocycles. The van der Waals surface area contributed by atoms with Crippen molar-refractivity contribution in [3.05, 3.63) is 52.8 Å². The van der Waals surface area contributed by atoms with Crippen molar-refractivity contribution in [2.45, 2.75) is 38.9 Å². The molecule has 1 heterocycles. The molecule has 0 bridgehead atoms. The number of nitrogens with zero attached hydrogens (tertiary/aromatic N) is 3. The topological polar surface area (TPSA) is 84.7 Å². The molecule has 1 aliphatic rings. The van der Waals surface area contributed by atoms with Crippen LogP contribution in [0.5, 0.6) is 0 Å². The molecule has 3 rings (SSSR count). The first-order chi connectivity index (χ1) is 13.5. The summed E-state index contributed by atoms with van der Waals surface area (Å²) in [5.41, 5.74) is 0.837. The molecule has 1 saturated carbocycles. The second-order valence-electron chi connectivity index (χ2n) is 6.98. The molecular formula is C20H24ClN3O4. The maximum Gasteiger partial charge on any atom is 0.356 e. The number of aromatic nitrogens is 2. The molecule has 7 nitrogen and oxygen atoms in total. The Morgan fingerprint density at radius 3 is 2.79 bits per heavy atom. The summed E-state index contributed by atoms with van der Waals surface area (Å²) in [5.74, 6) is -0.807. The smallest absolute Gasteiger partial charge is 0.356 e. The lowest BCUT2D eigenvalue weighted by Crippen LogP contribution is -2.38. The minimum Gasteiger partial charge on any atom is -0.476 e. The van der Waals surface area contributed by atoms with Crippen molar-refractivity contribution in [3.63, 3.8) is 0 Å². The van der Waals surface area contributed by atoms with Gasteiger partial charge in [0.25, 0.3) is 0 Å². The molecule has 2 aromatic rings. The molecule has 0 unspecified atom stereocenters. The van der Waals surface area contributed by atoms with Gasteiger partial charge < -0.3 is 14.7 Å². The van der Waals surface area contributed by atoms with E-state index in [-0.39, 0.29) is 17.8 Å². The minimum absolute atomic E-state index is 0.140. The van der Waals surface area contributed by atoms with Crippen LogP contribution in [0.15, 0.2) is 36.5 Å². The number of carbonyl (C=O) groups is 2. The van der Waals surface area contributed by atoms with Crippen molar-refractivity contribution < 1.29 is 19.4 Å². The summed E-state index contributed by atoms with van der Waals surface area (Å²) in [6, 6.07) is 8.66. The van der Waals surface area contributed by atoms with E-state index in [0.717, 1.165) is 29.5 Å². The summed E-state index contributed by atoms with van der Waals surface area (Å²) in [5, 5.41) is 13.5. The third-order valence-electron chi connectivity index (χ3n) is 5.06. The predicted octanol–water partition coefficient (Wildman–Crippen LogP) is 3.91. The molecule has 1 aliphatic carbocycles. The average Bonchev–Trinajstić information content (AvgIpc) is 3.35. The van der Waals surface area contributed by atoms with Crippen molar-refractivity contribution in [1.82, 2.24) is 14.7 Å². The zero-order chi connectivity index (χ0) is 20.1. The predicted molar refractivity (Wildman–Crippen MR) is 105 cm³/mol. The van der Waals surface area contributed by atoms with E-state index in [1.54, 1.807) is 4.90 Å². The van der Waals surface area contributed by atoms with E-state index in [4.69, 9.17) is 21.4 Å². The molecule has 8 heteroatoms. The summed E-state index contributed by atoms with van der Waals surface area (Å²) in [4.78, 5) is 25.3. The monoisotopic (exact) mass is 405 g/mol. The van der Waals surface area contributed by atoms with Crippen molar-refractivity contribution >= 4 is 23.6 Å². The number of ether oxygens (including phenoxy) is 1. The van der Waals surface area contributed by atoms with Crippen LogP contribution in [0.2, 0.25) is 5.02 Å². The van der Waals surface area contributed by atoms with Crippen LogP contribution in [0.3, 0.4) is 0 Å². The number of amides is 1. The van der Waals surface area contributed by atoms with Gasteiger partial charge in [0.05, 0.1) is 12.7 Å². The van der Waals surface area contributed by atoms with Gasteiger partial charge in [-0.15, -0.1) is 0 Å². The van der Waals surface area contributed by atoms with Crippen LogP contribution in [0.1, 0.15) is 42.2 Å². The number of halogens is 1. The number of rotatable bonds is 7. The van der Waals surface area contributed by atoms with E-state index in [1.165, 1.54) is 12.3 Å². The van der Waals surface area contributed by atoms with E-state index in [1.807, 2.05) is 31.2 Å². The van der Waals surface area contributed by atoms with Gasteiger partial charge >= 0.3 is 12.0 Å². The van der Waals surface area contributed by atoms with Gasteiger partial charge in [0.1, 0.15) is 0 Å². The number of aromatic carboxylic acids is 1. The summed E-state index contributed by atoms with van der Waals surface area (Å²) < 4.78 is 7.11. The van der Waals surface area contributed by atoms with E-state index in [9.17, 15) is 9.59 Å². The third-order valence-corrected chi connectivity index (χ3v) is 5.43. The van der Waals surface area contributed by atoms with Crippen LogP contribution in [0, 0.1) is 5.92 Å². The summed E-state index contributed by atoms with van der Waals surface area (Å²) in [6.07, 6.45) is 4.35. The Kier molecular flexibility index (Phi) is 6.70. The van der Waals surface area contributed by atoms with Crippen LogP contribution in [0.4, 0.5) is 4.79 Å². The second-order valence-corrected chi connectivity index (χ2v) is 7.38. The molecule has 2 atom stereocenters. The van der Waals surface area contributed by atoms with Gasteiger partial charge in [-0.1, -0.05) is 29.8 Å². The standard InChI is InChI=1S/C20H24ClN3O4/c1-2-23(20(27)24-10-9-18(22-24)19(25)26)12-14-7-8-16(11-14)28-13-15-5-3-4-6-17(15)21/h3-6,9-10,14,16H,2,7-8,11-13H2,1H3,(H,25,26)/t14-,16+/m0/s1. The van der Waals surface area contributed by atoms with Crippen LogP contribution in [0.25, 0.3) is 0 Å². The van der Waals surface area contributed by atoms with Gasteiger partial charge in [-0.3, -0.25) is 0 Å². The normalized spacial score (nSPS) is 18.9. The number of hydrogen-bond donors (Lipinski definition) is 1. The summed E-state index contributed by atoms with van der Waals surface area (Å²) >= 11 is 6.17. The number of carboxylic acids is 1. The molecule has 150 valence electrons. The fourth-order valence-corrected chi connectivity index (χ4v) is 3.70. The molecule has 1 fully saturated rings. The molecular weight excluding hydrogens is 382 g/mol. The Bertz CT molecular complexity index is 838. The highest BCUT2D eigenvalue weighted by molar-refractivity contribution is 6.31. The minimum atomic E-state index is -1.15. The van der Waals surface area contributed by atoms with E-state index >= 15 is 0 Å². The maximum absolute atomic E-state index is 12.6. The lowest BCUT2D eigenvalue weighted by Gasteiger charge is -2.24. The molecule has 1 amide bonds. The molecule has 0 saturated heterocycles. The summed E-state index contributed by atoms with van der Waals surface area (Å²) in [7, 11) is 0. The quantitative estimate of drug-likeness (QED) is 0.754. The first kappa shape index (κ1) is 20.4. The molecule has 28 heavy (non-hydrogen) atoms. The van der Waals surface area contributed by atoms with E-state index < -0.39 is 5.97 Å². The Labute approximate surface area is 168 Å².